The number of phenols is 1. The van der Waals surface area contributed by atoms with Crippen LogP contribution in [0.5, 0.6) is 5.75 Å². The van der Waals surface area contributed by atoms with E-state index >= 15 is 0 Å². The first-order valence-corrected chi connectivity index (χ1v) is 7.88. The van der Waals surface area contributed by atoms with Crippen molar-refractivity contribution in [2.45, 2.75) is 5.54 Å². The van der Waals surface area contributed by atoms with Crippen LogP contribution in [0, 0.1) is 0 Å². The molecule has 0 fully saturated rings. The molecule has 3 aromatic carbocycles. The Balaban J connectivity index is 2.10. The molecule has 24 heavy (non-hydrogen) atoms. The molecule has 1 aliphatic rings. The summed E-state index contributed by atoms with van der Waals surface area (Å²) in [7, 11) is 1.84. The molecule has 0 radical (unpaired) electrons. The van der Waals surface area contributed by atoms with E-state index in [0.717, 1.165) is 22.3 Å². The fourth-order valence-electron chi connectivity index (χ4n) is 3.75. The molecule has 0 aromatic heterocycles. The van der Waals surface area contributed by atoms with Crippen molar-refractivity contribution in [3.63, 3.8) is 0 Å². The van der Waals surface area contributed by atoms with Crippen LogP contribution in [0.4, 0.5) is 0 Å². The average molecular weight is 315 g/mol. The van der Waals surface area contributed by atoms with Crippen molar-refractivity contribution < 1.29 is 9.90 Å². The van der Waals surface area contributed by atoms with Crippen molar-refractivity contribution in [2.24, 2.45) is 0 Å². The Kier molecular flexibility index (Phi) is 3.17. The summed E-state index contributed by atoms with van der Waals surface area (Å²) in [6, 6.07) is 24.9. The van der Waals surface area contributed by atoms with E-state index in [1.165, 1.54) is 0 Å². The van der Waals surface area contributed by atoms with E-state index in [2.05, 4.69) is 0 Å². The number of carbonyl (C=O) groups is 1. The van der Waals surface area contributed by atoms with Gasteiger partial charge in [-0.2, -0.15) is 0 Å². The second-order valence-corrected chi connectivity index (χ2v) is 6.03. The predicted octanol–water partition coefficient (Wildman–Crippen LogP) is 3.77. The van der Waals surface area contributed by atoms with Gasteiger partial charge in [0.05, 0.1) is 0 Å². The molecule has 1 amide bonds. The van der Waals surface area contributed by atoms with Crippen LogP contribution in [0.15, 0.2) is 78.9 Å². The van der Waals surface area contributed by atoms with Gasteiger partial charge in [0.25, 0.3) is 5.91 Å². The van der Waals surface area contributed by atoms with Crippen molar-refractivity contribution in [1.29, 1.82) is 0 Å². The summed E-state index contributed by atoms with van der Waals surface area (Å²) < 4.78 is 0. The van der Waals surface area contributed by atoms with Crippen LogP contribution >= 0.6 is 0 Å². The largest absolute Gasteiger partial charge is 0.508 e. The van der Waals surface area contributed by atoms with Crippen molar-refractivity contribution in [3.8, 4) is 5.75 Å². The van der Waals surface area contributed by atoms with Crippen molar-refractivity contribution >= 4 is 5.91 Å². The number of hydrogen-bond donors (Lipinski definition) is 1. The summed E-state index contributed by atoms with van der Waals surface area (Å²) in [4.78, 5) is 14.7. The second-order valence-electron chi connectivity index (χ2n) is 6.03. The topological polar surface area (TPSA) is 40.5 Å². The highest BCUT2D eigenvalue weighted by Gasteiger charge is 2.50. The zero-order chi connectivity index (χ0) is 16.7. The molecule has 4 rings (SSSR count). The molecular formula is C21H17NO2. The minimum atomic E-state index is -0.692. The third-order valence-electron chi connectivity index (χ3n) is 4.83. The van der Waals surface area contributed by atoms with Gasteiger partial charge in [0.15, 0.2) is 0 Å². The van der Waals surface area contributed by atoms with E-state index in [-0.39, 0.29) is 11.7 Å². The highest BCUT2D eigenvalue weighted by Crippen LogP contribution is 2.48. The number of nitrogens with zero attached hydrogens (tertiary/aromatic N) is 1. The lowest BCUT2D eigenvalue weighted by molar-refractivity contribution is 0.0736. The molecule has 118 valence electrons. The summed E-state index contributed by atoms with van der Waals surface area (Å²) in [6.07, 6.45) is 0. The molecule has 0 bridgehead atoms. The monoisotopic (exact) mass is 315 g/mol. The van der Waals surface area contributed by atoms with Crippen LogP contribution in [0.25, 0.3) is 0 Å². The van der Waals surface area contributed by atoms with Gasteiger partial charge >= 0.3 is 0 Å². The zero-order valence-electron chi connectivity index (χ0n) is 13.3. The summed E-state index contributed by atoms with van der Waals surface area (Å²) in [6.45, 7) is 0. The molecule has 1 aliphatic heterocycles. The number of carbonyl (C=O) groups excluding carboxylic acids is 1. The van der Waals surface area contributed by atoms with Crippen LogP contribution in [0.2, 0.25) is 0 Å². The molecule has 3 nitrogen and oxygen atoms in total. The third kappa shape index (κ3) is 1.81. The smallest absolute Gasteiger partial charge is 0.255 e. The average Bonchev–Trinajstić information content (AvgIpc) is 2.86. The van der Waals surface area contributed by atoms with Gasteiger partial charge in [-0.15, -0.1) is 0 Å². The van der Waals surface area contributed by atoms with Crippen LogP contribution in [0.3, 0.4) is 0 Å². The Morgan fingerprint density at radius 2 is 1.38 bits per heavy atom. The maximum Gasteiger partial charge on any atom is 0.255 e. The fraction of sp³-hybridized carbons (Fsp3) is 0.0952. The maximum atomic E-state index is 12.9. The van der Waals surface area contributed by atoms with Crippen molar-refractivity contribution in [1.82, 2.24) is 4.90 Å². The van der Waals surface area contributed by atoms with E-state index in [1.54, 1.807) is 17.0 Å². The fourth-order valence-corrected chi connectivity index (χ4v) is 3.75. The molecule has 0 saturated heterocycles. The molecular weight excluding hydrogens is 298 g/mol. The Hall–Kier alpha value is -3.07. The minimum Gasteiger partial charge on any atom is -0.508 e. The van der Waals surface area contributed by atoms with E-state index < -0.39 is 5.54 Å². The normalized spacial score (nSPS) is 19.4. The summed E-state index contributed by atoms with van der Waals surface area (Å²) >= 11 is 0. The number of aromatic hydroxyl groups is 1. The Labute approximate surface area is 140 Å². The summed E-state index contributed by atoms with van der Waals surface area (Å²) in [5.74, 6) is 0.213. The van der Waals surface area contributed by atoms with Gasteiger partial charge in [-0.05, 0) is 34.9 Å². The molecule has 0 saturated carbocycles. The lowest BCUT2D eigenvalue weighted by Gasteiger charge is -2.38. The number of benzene rings is 3. The van der Waals surface area contributed by atoms with Crippen LogP contribution in [-0.4, -0.2) is 23.0 Å². The quantitative estimate of drug-likeness (QED) is 0.782. The van der Waals surface area contributed by atoms with E-state index in [9.17, 15) is 9.90 Å². The summed E-state index contributed by atoms with van der Waals surface area (Å²) in [5, 5.41) is 9.69. The van der Waals surface area contributed by atoms with E-state index in [0.29, 0.717) is 0 Å². The van der Waals surface area contributed by atoms with E-state index in [4.69, 9.17) is 0 Å². The van der Waals surface area contributed by atoms with Crippen molar-refractivity contribution in [3.05, 3.63) is 101 Å². The molecule has 1 heterocycles. The lowest BCUT2D eigenvalue weighted by atomic mass is 9.77. The van der Waals surface area contributed by atoms with Gasteiger partial charge in [0.2, 0.25) is 0 Å². The van der Waals surface area contributed by atoms with Crippen LogP contribution in [0.1, 0.15) is 27.0 Å². The lowest BCUT2D eigenvalue weighted by Crippen LogP contribution is -2.43. The van der Waals surface area contributed by atoms with Gasteiger partial charge in [-0.1, -0.05) is 60.7 Å². The SMILES string of the molecule is CN1C(=O)c2ccccc2C1(c1ccccc1)c1ccc(O)cc1. The van der Waals surface area contributed by atoms with E-state index in [1.807, 2.05) is 73.8 Å². The zero-order valence-corrected chi connectivity index (χ0v) is 13.3. The molecule has 3 heteroatoms. The third-order valence-corrected chi connectivity index (χ3v) is 4.83. The Morgan fingerprint density at radius 1 is 0.792 bits per heavy atom. The molecule has 3 aromatic rings. The highest BCUT2D eigenvalue weighted by molar-refractivity contribution is 6.01. The van der Waals surface area contributed by atoms with Gasteiger partial charge in [-0.3, -0.25) is 4.79 Å². The molecule has 0 spiro atoms. The number of amides is 1. The molecule has 1 N–H and O–H groups in total. The first kappa shape index (κ1) is 14.5. The molecule has 0 aliphatic carbocycles. The molecule has 1 unspecified atom stereocenters. The minimum absolute atomic E-state index is 0.00234. The Bertz CT molecular complexity index is 903. The highest BCUT2D eigenvalue weighted by atomic mass is 16.3. The summed E-state index contributed by atoms with van der Waals surface area (Å²) in [5.41, 5.74) is 2.97. The van der Waals surface area contributed by atoms with Gasteiger partial charge in [0.1, 0.15) is 11.3 Å². The number of rotatable bonds is 2. The first-order chi connectivity index (χ1) is 11.7. The Morgan fingerprint density at radius 3 is 2.08 bits per heavy atom. The number of fused-ring (bicyclic) bond motifs is 1. The standard InChI is InChI=1S/C21H17NO2/c1-22-20(24)18-9-5-6-10-19(18)21(22,15-7-3-2-4-8-15)16-11-13-17(23)14-12-16/h2-14,23H,1H3. The number of hydrogen-bond acceptors (Lipinski definition) is 2. The van der Waals surface area contributed by atoms with Crippen LogP contribution in [-0.2, 0) is 5.54 Å². The van der Waals surface area contributed by atoms with Crippen LogP contribution < -0.4 is 0 Å². The van der Waals surface area contributed by atoms with Gasteiger partial charge in [-0.25, -0.2) is 0 Å². The second kappa shape index (κ2) is 5.24. The van der Waals surface area contributed by atoms with Gasteiger partial charge < -0.3 is 10.0 Å². The van der Waals surface area contributed by atoms with Gasteiger partial charge in [0, 0.05) is 12.6 Å². The first-order valence-electron chi connectivity index (χ1n) is 7.88. The predicted molar refractivity (Wildman–Crippen MR) is 93.0 cm³/mol. The van der Waals surface area contributed by atoms with Crippen molar-refractivity contribution in [2.75, 3.05) is 7.05 Å². The maximum absolute atomic E-state index is 12.9. The number of phenolic OH excluding ortho intramolecular Hbond substituents is 1. The molecule has 1 atom stereocenters.